The maximum atomic E-state index is 12.4. The Bertz CT molecular complexity index is 814. The van der Waals surface area contributed by atoms with Gasteiger partial charge in [-0.25, -0.2) is 4.98 Å². The summed E-state index contributed by atoms with van der Waals surface area (Å²) in [4.78, 5) is 31.6. The number of piperidine rings is 1. The van der Waals surface area contributed by atoms with Crippen molar-refractivity contribution >= 4 is 39.9 Å². The summed E-state index contributed by atoms with van der Waals surface area (Å²) in [6.45, 7) is 3.69. The molecule has 6 nitrogen and oxygen atoms in total. The highest BCUT2D eigenvalue weighted by Crippen LogP contribution is 2.31. The Morgan fingerprint density at radius 1 is 1.30 bits per heavy atom. The lowest BCUT2D eigenvalue weighted by atomic mass is 9.97. The van der Waals surface area contributed by atoms with Crippen LogP contribution in [-0.2, 0) is 14.3 Å². The number of carbonyl (C=O) groups is 2. The highest BCUT2D eigenvalue weighted by atomic mass is 35.5. The van der Waals surface area contributed by atoms with E-state index < -0.39 is 0 Å². The lowest BCUT2D eigenvalue weighted by molar-refractivity contribution is -0.147. The Labute approximate surface area is 167 Å². The van der Waals surface area contributed by atoms with Crippen LogP contribution in [0.3, 0.4) is 0 Å². The number of aromatic nitrogens is 1. The van der Waals surface area contributed by atoms with Crippen molar-refractivity contribution in [1.82, 2.24) is 9.88 Å². The van der Waals surface area contributed by atoms with Gasteiger partial charge in [-0.2, -0.15) is 0 Å². The molecule has 0 atom stereocenters. The number of halogens is 1. The zero-order chi connectivity index (χ0) is 19.4. The molecule has 1 aromatic carbocycles. The highest BCUT2D eigenvalue weighted by Gasteiger charge is 2.26. The van der Waals surface area contributed by atoms with E-state index in [0.29, 0.717) is 29.8 Å². The van der Waals surface area contributed by atoms with E-state index in [2.05, 4.69) is 15.2 Å². The van der Waals surface area contributed by atoms with E-state index in [1.54, 1.807) is 0 Å². The number of benzene rings is 1. The standard InChI is InChI=1S/C19H22ClN3O3S/c1-12-17(13-3-5-15(20)6-4-13)22-19(27-12)21-16(24)11-23-9-7-14(8-10-23)18(25)26-2/h3-6,14H,7-11H2,1-2H3,(H,21,22,24). The number of rotatable bonds is 5. The molecule has 1 aromatic heterocycles. The number of amides is 1. The molecule has 0 radical (unpaired) electrons. The minimum absolute atomic E-state index is 0.0575. The van der Waals surface area contributed by atoms with Gasteiger partial charge in [0.25, 0.3) is 0 Å². The molecule has 1 saturated heterocycles. The molecule has 1 N–H and O–H groups in total. The van der Waals surface area contributed by atoms with Crippen LogP contribution in [0.4, 0.5) is 5.13 Å². The number of esters is 1. The molecule has 1 aliphatic rings. The summed E-state index contributed by atoms with van der Waals surface area (Å²) in [5, 5.41) is 4.15. The van der Waals surface area contributed by atoms with E-state index in [9.17, 15) is 9.59 Å². The Kier molecular flexibility index (Phi) is 6.46. The molecule has 0 unspecified atom stereocenters. The van der Waals surface area contributed by atoms with Gasteiger partial charge in [-0.3, -0.25) is 14.5 Å². The number of thiazole rings is 1. The minimum atomic E-state index is -0.160. The van der Waals surface area contributed by atoms with Crippen LogP contribution in [0.5, 0.6) is 0 Å². The molecule has 2 heterocycles. The number of anilines is 1. The summed E-state index contributed by atoms with van der Waals surface area (Å²) < 4.78 is 4.79. The fraction of sp³-hybridized carbons (Fsp3) is 0.421. The zero-order valence-electron chi connectivity index (χ0n) is 15.3. The van der Waals surface area contributed by atoms with Crippen molar-refractivity contribution in [3.8, 4) is 11.3 Å². The molecule has 0 saturated carbocycles. The number of hydrogen-bond donors (Lipinski definition) is 1. The molecule has 2 aromatic rings. The topological polar surface area (TPSA) is 71.5 Å². The molecule has 8 heteroatoms. The Balaban J connectivity index is 1.55. The van der Waals surface area contributed by atoms with Gasteiger partial charge >= 0.3 is 5.97 Å². The van der Waals surface area contributed by atoms with Crippen LogP contribution in [0, 0.1) is 12.8 Å². The van der Waals surface area contributed by atoms with Gasteiger partial charge in [0.15, 0.2) is 5.13 Å². The van der Waals surface area contributed by atoms with Gasteiger partial charge < -0.3 is 10.1 Å². The number of nitrogens with one attached hydrogen (secondary N) is 1. The third-order valence-corrected chi connectivity index (χ3v) is 5.79. The monoisotopic (exact) mass is 407 g/mol. The predicted octanol–water partition coefficient (Wildman–Crippen LogP) is 3.60. The van der Waals surface area contributed by atoms with Gasteiger partial charge in [0.05, 0.1) is 25.3 Å². The molecule has 1 fully saturated rings. The predicted molar refractivity (Wildman–Crippen MR) is 107 cm³/mol. The average molecular weight is 408 g/mol. The van der Waals surface area contributed by atoms with Crippen molar-refractivity contribution in [3.63, 3.8) is 0 Å². The summed E-state index contributed by atoms with van der Waals surface area (Å²) in [5.41, 5.74) is 1.82. The van der Waals surface area contributed by atoms with Gasteiger partial charge in [0, 0.05) is 15.5 Å². The van der Waals surface area contributed by atoms with E-state index in [0.717, 1.165) is 29.0 Å². The van der Waals surface area contributed by atoms with Gasteiger partial charge in [-0.15, -0.1) is 11.3 Å². The van der Waals surface area contributed by atoms with Crippen LogP contribution in [0.25, 0.3) is 11.3 Å². The number of ether oxygens (including phenoxy) is 1. The largest absolute Gasteiger partial charge is 0.469 e. The van der Waals surface area contributed by atoms with Crippen molar-refractivity contribution in [2.75, 3.05) is 32.1 Å². The summed E-state index contributed by atoms with van der Waals surface area (Å²) in [5.74, 6) is -0.312. The summed E-state index contributed by atoms with van der Waals surface area (Å²) in [6.07, 6.45) is 1.44. The quantitative estimate of drug-likeness (QED) is 0.767. The number of hydrogen-bond acceptors (Lipinski definition) is 6. The summed E-state index contributed by atoms with van der Waals surface area (Å²) in [7, 11) is 1.41. The van der Waals surface area contributed by atoms with Crippen LogP contribution in [-0.4, -0.2) is 48.5 Å². The molecular formula is C19H22ClN3O3S. The molecule has 3 rings (SSSR count). The summed E-state index contributed by atoms with van der Waals surface area (Å²) >= 11 is 7.39. The minimum Gasteiger partial charge on any atom is -0.469 e. The maximum Gasteiger partial charge on any atom is 0.308 e. The molecule has 0 aliphatic carbocycles. The molecular weight excluding hydrogens is 386 g/mol. The normalized spacial score (nSPS) is 15.5. The molecule has 0 bridgehead atoms. The fourth-order valence-corrected chi connectivity index (χ4v) is 4.16. The van der Waals surface area contributed by atoms with Crippen LogP contribution in [0.2, 0.25) is 5.02 Å². The van der Waals surface area contributed by atoms with E-state index in [1.807, 2.05) is 31.2 Å². The van der Waals surface area contributed by atoms with Crippen LogP contribution in [0.15, 0.2) is 24.3 Å². The second-order valence-electron chi connectivity index (χ2n) is 6.55. The molecule has 0 spiro atoms. The van der Waals surface area contributed by atoms with Crippen LogP contribution >= 0.6 is 22.9 Å². The van der Waals surface area contributed by atoms with Crippen molar-refractivity contribution in [2.24, 2.45) is 5.92 Å². The first-order chi connectivity index (χ1) is 13.0. The molecule has 27 heavy (non-hydrogen) atoms. The first kappa shape index (κ1) is 19.8. The third kappa shape index (κ3) is 5.06. The van der Waals surface area contributed by atoms with Crippen molar-refractivity contribution in [2.45, 2.75) is 19.8 Å². The first-order valence-corrected chi connectivity index (χ1v) is 9.99. The second-order valence-corrected chi connectivity index (χ2v) is 8.19. The number of nitrogens with zero attached hydrogens (tertiary/aromatic N) is 2. The first-order valence-electron chi connectivity index (χ1n) is 8.79. The maximum absolute atomic E-state index is 12.4. The SMILES string of the molecule is COC(=O)C1CCN(CC(=O)Nc2nc(-c3ccc(Cl)cc3)c(C)s2)CC1. The fourth-order valence-electron chi connectivity index (χ4n) is 3.18. The average Bonchev–Trinajstić information content (AvgIpc) is 3.02. The van der Waals surface area contributed by atoms with E-state index in [4.69, 9.17) is 16.3 Å². The Hall–Kier alpha value is -1.96. The second kappa shape index (κ2) is 8.82. The summed E-state index contributed by atoms with van der Waals surface area (Å²) in [6, 6.07) is 7.49. The van der Waals surface area contributed by atoms with Crippen molar-refractivity contribution < 1.29 is 14.3 Å². The Morgan fingerprint density at radius 2 is 1.96 bits per heavy atom. The number of carbonyl (C=O) groups excluding carboxylic acids is 2. The van der Waals surface area contributed by atoms with Gasteiger partial charge in [0.2, 0.25) is 5.91 Å². The molecule has 144 valence electrons. The number of likely N-dealkylation sites (tertiary alicyclic amines) is 1. The highest BCUT2D eigenvalue weighted by molar-refractivity contribution is 7.16. The van der Waals surface area contributed by atoms with E-state index in [1.165, 1.54) is 18.4 Å². The Morgan fingerprint density at radius 3 is 2.59 bits per heavy atom. The van der Waals surface area contributed by atoms with E-state index in [-0.39, 0.29) is 17.8 Å². The lowest BCUT2D eigenvalue weighted by Crippen LogP contribution is -2.41. The number of aryl methyl sites for hydroxylation is 1. The van der Waals surface area contributed by atoms with Crippen LogP contribution < -0.4 is 5.32 Å². The zero-order valence-corrected chi connectivity index (χ0v) is 16.9. The van der Waals surface area contributed by atoms with Crippen molar-refractivity contribution in [1.29, 1.82) is 0 Å². The van der Waals surface area contributed by atoms with Gasteiger partial charge in [0.1, 0.15) is 0 Å². The van der Waals surface area contributed by atoms with Gasteiger partial charge in [-0.05, 0) is 45.0 Å². The molecule has 1 aliphatic heterocycles. The number of methoxy groups -OCH3 is 1. The van der Waals surface area contributed by atoms with E-state index >= 15 is 0 Å². The van der Waals surface area contributed by atoms with Crippen LogP contribution in [0.1, 0.15) is 17.7 Å². The van der Waals surface area contributed by atoms with Gasteiger partial charge in [-0.1, -0.05) is 23.7 Å². The molecule has 1 amide bonds. The smallest absolute Gasteiger partial charge is 0.308 e. The third-order valence-electron chi connectivity index (χ3n) is 4.65. The van der Waals surface area contributed by atoms with Crippen molar-refractivity contribution in [3.05, 3.63) is 34.2 Å². The lowest BCUT2D eigenvalue weighted by Gasteiger charge is -2.29.